The Balaban J connectivity index is 2.67. The second-order valence-corrected chi connectivity index (χ2v) is 5.20. The summed E-state index contributed by atoms with van der Waals surface area (Å²) in [5.74, 6) is 0.372. The van der Waals surface area contributed by atoms with Gasteiger partial charge in [0.1, 0.15) is 13.7 Å². The van der Waals surface area contributed by atoms with Crippen LogP contribution in [0.2, 0.25) is 0 Å². The standard InChI is InChI=1S/C16H22N2O3/c1-9-10(2)12(4)14(13(5)11(9)3)15(17-19-6)16-18-21-8-7-20-16/h7-8H2,1-6H3/b17-15+. The fraction of sp³-hybridized carbons (Fsp3) is 0.500. The molecule has 0 spiro atoms. The van der Waals surface area contributed by atoms with Gasteiger partial charge < -0.3 is 14.4 Å². The van der Waals surface area contributed by atoms with Crippen LogP contribution >= 0.6 is 0 Å². The van der Waals surface area contributed by atoms with Crippen molar-refractivity contribution >= 4 is 11.6 Å². The number of rotatable bonds is 3. The Hall–Kier alpha value is -2.04. The van der Waals surface area contributed by atoms with E-state index in [1.807, 2.05) is 0 Å². The van der Waals surface area contributed by atoms with Crippen LogP contribution in [0.1, 0.15) is 33.4 Å². The Morgan fingerprint density at radius 3 is 2.00 bits per heavy atom. The second kappa shape index (κ2) is 6.16. The lowest BCUT2D eigenvalue weighted by Crippen LogP contribution is -2.27. The molecule has 2 rings (SSSR count). The maximum absolute atomic E-state index is 5.58. The molecule has 0 atom stereocenters. The van der Waals surface area contributed by atoms with Crippen molar-refractivity contribution in [2.45, 2.75) is 34.6 Å². The molecule has 0 fully saturated rings. The fourth-order valence-corrected chi connectivity index (χ4v) is 2.56. The molecular formula is C16H22N2O3. The second-order valence-electron chi connectivity index (χ2n) is 5.20. The van der Waals surface area contributed by atoms with E-state index in [4.69, 9.17) is 14.4 Å². The molecule has 0 bridgehead atoms. The number of hydrogen-bond acceptors (Lipinski definition) is 5. The van der Waals surface area contributed by atoms with E-state index >= 15 is 0 Å². The molecule has 0 amide bonds. The van der Waals surface area contributed by atoms with Crippen molar-refractivity contribution in [3.63, 3.8) is 0 Å². The molecule has 0 aliphatic carbocycles. The monoisotopic (exact) mass is 290 g/mol. The minimum atomic E-state index is 0.372. The minimum Gasteiger partial charge on any atom is -0.470 e. The smallest absolute Gasteiger partial charge is 0.280 e. The van der Waals surface area contributed by atoms with Gasteiger partial charge in [-0.3, -0.25) is 0 Å². The molecule has 0 radical (unpaired) electrons. The first-order valence-corrected chi connectivity index (χ1v) is 7.00. The van der Waals surface area contributed by atoms with Gasteiger partial charge in [-0.25, -0.2) is 0 Å². The lowest BCUT2D eigenvalue weighted by Gasteiger charge is -2.21. The van der Waals surface area contributed by atoms with Crippen LogP contribution in [-0.2, 0) is 14.4 Å². The predicted molar refractivity (Wildman–Crippen MR) is 83.0 cm³/mol. The van der Waals surface area contributed by atoms with Crippen LogP contribution in [0.4, 0.5) is 0 Å². The van der Waals surface area contributed by atoms with Crippen molar-refractivity contribution in [1.82, 2.24) is 0 Å². The molecule has 1 aromatic rings. The number of nitrogens with zero attached hydrogens (tertiary/aromatic N) is 2. The van der Waals surface area contributed by atoms with Gasteiger partial charge in [0, 0.05) is 5.56 Å². The van der Waals surface area contributed by atoms with E-state index < -0.39 is 0 Å². The molecule has 21 heavy (non-hydrogen) atoms. The fourth-order valence-electron chi connectivity index (χ4n) is 2.56. The van der Waals surface area contributed by atoms with E-state index in [0.29, 0.717) is 24.8 Å². The third-order valence-corrected chi connectivity index (χ3v) is 4.18. The van der Waals surface area contributed by atoms with Crippen LogP contribution in [0.5, 0.6) is 0 Å². The highest BCUT2D eigenvalue weighted by molar-refractivity contribution is 6.46. The predicted octanol–water partition coefficient (Wildman–Crippen LogP) is 2.94. The number of ether oxygens (including phenoxy) is 1. The maximum Gasteiger partial charge on any atom is 0.280 e. The average Bonchev–Trinajstić information content (AvgIpc) is 2.51. The van der Waals surface area contributed by atoms with Gasteiger partial charge in [0.2, 0.25) is 0 Å². The summed E-state index contributed by atoms with van der Waals surface area (Å²) in [4.78, 5) is 10.1. The zero-order valence-corrected chi connectivity index (χ0v) is 13.5. The van der Waals surface area contributed by atoms with E-state index in [-0.39, 0.29) is 0 Å². The first-order valence-electron chi connectivity index (χ1n) is 7.00. The van der Waals surface area contributed by atoms with E-state index in [9.17, 15) is 0 Å². The zero-order valence-electron chi connectivity index (χ0n) is 13.5. The van der Waals surface area contributed by atoms with Gasteiger partial charge in [-0.2, -0.15) is 0 Å². The van der Waals surface area contributed by atoms with Crippen LogP contribution in [0.3, 0.4) is 0 Å². The third-order valence-electron chi connectivity index (χ3n) is 4.18. The van der Waals surface area contributed by atoms with Crippen molar-refractivity contribution in [3.05, 3.63) is 33.4 Å². The molecule has 0 unspecified atom stereocenters. The van der Waals surface area contributed by atoms with Crippen molar-refractivity contribution < 1.29 is 14.4 Å². The Morgan fingerprint density at radius 1 is 0.952 bits per heavy atom. The van der Waals surface area contributed by atoms with E-state index in [0.717, 1.165) is 16.7 Å². The van der Waals surface area contributed by atoms with Gasteiger partial charge in [-0.15, -0.1) is 0 Å². The highest BCUT2D eigenvalue weighted by atomic mass is 16.7. The summed E-state index contributed by atoms with van der Waals surface area (Å²) in [7, 11) is 1.52. The summed E-state index contributed by atoms with van der Waals surface area (Å²) in [6.45, 7) is 11.5. The third kappa shape index (κ3) is 2.73. The Labute approximate surface area is 125 Å². The molecular weight excluding hydrogens is 268 g/mol. The number of benzene rings is 1. The number of oxime groups is 2. The van der Waals surface area contributed by atoms with E-state index in [1.165, 1.54) is 23.8 Å². The molecule has 0 saturated carbocycles. The van der Waals surface area contributed by atoms with Gasteiger partial charge in [0.15, 0.2) is 12.3 Å². The van der Waals surface area contributed by atoms with Crippen molar-refractivity contribution in [2.24, 2.45) is 10.3 Å². The van der Waals surface area contributed by atoms with Gasteiger partial charge in [0.05, 0.1) is 0 Å². The minimum absolute atomic E-state index is 0.372. The van der Waals surface area contributed by atoms with Gasteiger partial charge in [0.25, 0.3) is 5.90 Å². The van der Waals surface area contributed by atoms with Crippen molar-refractivity contribution in [1.29, 1.82) is 0 Å². The molecule has 1 heterocycles. The quantitative estimate of drug-likeness (QED) is 0.635. The Kier molecular flexibility index (Phi) is 4.50. The number of hydrogen-bond donors (Lipinski definition) is 0. The first kappa shape index (κ1) is 15.4. The summed E-state index contributed by atoms with van der Waals surface area (Å²) in [5, 5.41) is 8.10. The average molecular weight is 290 g/mol. The molecule has 1 aliphatic heterocycles. The zero-order chi connectivity index (χ0) is 15.6. The van der Waals surface area contributed by atoms with Crippen LogP contribution in [0, 0.1) is 34.6 Å². The van der Waals surface area contributed by atoms with Crippen molar-refractivity contribution in [3.8, 4) is 0 Å². The molecule has 5 nitrogen and oxygen atoms in total. The van der Waals surface area contributed by atoms with E-state index in [2.05, 4.69) is 44.9 Å². The summed E-state index contributed by atoms with van der Waals surface area (Å²) in [6.07, 6.45) is 0. The summed E-state index contributed by atoms with van der Waals surface area (Å²) in [6, 6.07) is 0. The SMILES string of the molecule is CO/N=C(/C1=NOCCO1)c1c(C)c(C)c(C)c(C)c1C. The normalized spacial score (nSPS) is 15.1. The molecule has 0 saturated heterocycles. The maximum atomic E-state index is 5.58. The summed E-state index contributed by atoms with van der Waals surface area (Å²) < 4.78 is 5.58. The first-order chi connectivity index (χ1) is 9.99. The van der Waals surface area contributed by atoms with Gasteiger partial charge >= 0.3 is 0 Å². The lowest BCUT2D eigenvalue weighted by atomic mass is 9.87. The summed E-state index contributed by atoms with van der Waals surface area (Å²) in [5.41, 5.74) is 7.68. The van der Waals surface area contributed by atoms with Gasteiger partial charge in [-0.1, -0.05) is 5.16 Å². The highest BCUT2D eigenvalue weighted by Gasteiger charge is 2.24. The largest absolute Gasteiger partial charge is 0.470 e. The lowest BCUT2D eigenvalue weighted by molar-refractivity contribution is 0.0672. The topological polar surface area (TPSA) is 52.4 Å². The Bertz CT molecular complexity index is 589. The summed E-state index contributed by atoms with van der Waals surface area (Å²) >= 11 is 0. The van der Waals surface area contributed by atoms with Crippen LogP contribution in [0.25, 0.3) is 0 Å². The highest BCUT2D eigenvalue weighted by Crippen LogP contribution is 2.27. The van der Waals surface area contributed by atoms with Crippen LogP contribution < -0.4 is 0 Å². The van der Waals surface area contributed by atoms with Crippen molar-refractivity contribution in [2.75, 3.05) is 20.3 Å². The molecule has 1 aliphatic rings. The molecule has 5 heteroatoms. The van der Waals surface area contributed by atoms with Crippen LogP contribution in [0.15, 0.2) is 10.3 Å². The molecule has 114 valence electrons. The molecule has 1 aromatic carbocycles. The Morgan fingerprint density at radius 2 is 1.52 bits per heavy atom. The molecule has 0 aromatic heterocycles. The van der Waals surface area contributed by atoms with Crippen LogP contribution in [-0.4, -0.2) is 31.9 Å². The van der Waals surface area contributed by atoms with Gasteiger partial charge in [-0.05, 0) is 67.6 Å². The molecule has 0 N–H and O–H groups in total. The van der Waals surface area contributed by atoms with E-state index in [1.54, 1.807) is 0 Å².